The summed E-state index contributed by atoms with van der Waals surface area (Å²) in [5.41, 5.74) is 2.80. The number of halogens is 4. The van der Waals surface area contributed by atoms with Gasteiger partial charge in [-0.3, -0.25) is 4.74 Å². The summed E-state index contributed by atoms with van der Waals surface area (Å²) in [5, 5.41) is 16.6. The zero-order valence-electron chi connectivity index (χ0n) is 21.7. The van der Waals surface area contributed by atoms with E-state index in [2.05, 4.69) is 20.4 Å². The lowest BCUT2D eigenvalue weighted by atomic mass is 9.82. The van der Waals surface area contributed by atoms with Crippen LogP contribution in [0.5, 0.6) is 5.75 Å². The van der Waals surface area contributed by atoms with Crippen LogP contribution in [0, 0.1) is 5.95 Å². The van der Waals surface area contributed by atoms with Crippen LogP contribution in [0.15, 0.2) is 78.7 Å². The lowest BCUT2D eigenvalue weighted by Crippen LogP contribution is -2.53. The van der Waals surface area contributed by atoms with E-state index >= 15 is 0 Å². The van der Waals surface area contributed by atoms with E-state index in [0.29, 0.717) is 23.5 Å². The number of phenolic OH excluding ortho intramolecular Hbond substituents is 1. The number of anilines is 1. The van der Waals surface area contributed by atoms with Gasteiger partial charge in [0.1, 0.15) is 5.75 Å². The molecule has 7 nitrogen and oxygen atoms in total. The number of alkyl halides is 3. The van der Waals surface area contributed by atoms with Crippen molar-refractivity contribution in [3.8, 4) is 16.9 Å². The fourth-order valence-electron chi connectivity index (χ4n) is 5.50. The molecule has 3 aliphatic rings. The van der Waals surface area contributed by atoms with E-state index < -0.39 is 35.9 Å². The second-order valence-electron chi connectivity index (χ2n) is 10.5. The van der Waals surface area contributed by atoms with Crippen LogP contribution in [0.25, 0.3) is 11.1 Å². The van der Waals surface area contributed by atoms with Gasteiger partial charge in [-0.25, -0.2) is 9.78 Å². The number of hydrogen-bond donors (Lipinski definition) is 3. The average molecular weight is 557 g/mol. The van der Waals surface area contributed by atoms with Gasteiger partial charge in [-0.15, -0.1) is 13.2 Å². The molecule has 11 heteroatoms. The maximum absolute atomic E-state index is 14.0. The number of amides is 2. The number of rotatable bonds is 5. The Balaban J connectivity index is 1.36. The van der Waals surface area contributed by atoms with Crippen LogP contribution in [0.1, 0.15) is 25.8 Å². The topological polar surface area (TPSA) is 86.7 Å². The number of pyridine rings is 1. The number of phenols is 1. The molecule has 0 spiro atoms. The van der Waals surface area contributed by atoms with Crippen molar-refractivity contribution in [3.63, 3.8) is 0 Å². The standard InChI is InChI=1S/C29H28F4N4O3/c1-28(2)16-37(26-23(38)12-11-20(25(26)28)17-13-14-34-24(30)15-17)22-6-4-3-5-21(22)36-27(39)35-18-7-9-19(10-8-18)40-29(31,32)33/h3-9,11-15,19,21-22,38H,10,16H2,1-2H3,(H2,35,36,39). The Labute approximate surface area is 228 Å². The molecule has 0 saturated heterocycles. The molecule has 210 valence electrons. The number of urea groups is 1. The molecule has 2 amide bonds. The van der Waals surface area contributed by atoms with E-state index in [1.54, 1.807) is 24.3 Å². The third-order valence-corrected chi connectivity index (χ3v) is 7.09. The smallest absolute Gasteiger partial charge is 0.506 e. The van der Waals surface area contributed by atoms with Gasteiger partial charge < -0.3 is 20.6 Å². The van der Waals surface area contributed by atoms with E-state index in [1.165, 1.54) is 30.5 Å². The van der Waals surface area contributed by atoms with Crippen LogP contribution in [0.4, 0.5) is 28.0 Å². The van der Waals surface area contributed by atoms with Gasteiger partial charge in [0.25, 0.3) is 0 Å². The Morgan fingerprint density at radius 2 is 1.95 bits per heavy atom. The molecule has 2 heterocycles. The molecule has 2 aliphatic carbocycles. The zero-order chi connectivity index (χ0) is 28.7. The van der Waals surface area contributed by atoms with Crippen molar-refractivity contribution in [2.75, 3.05) is 11.4 Å². The van der Waals surface area contributed by atoms with E-state index in [1.807, 2.05) is 37.0 Å². The van der Waals surface area contributed by atoms with Crippen molar-refractivity contribution in [2.45, 2.75) is 50.2 Å². The highest BCUT2D eigenvalue weighted by Gasteiger charge is 2.43. The van der Waals surface area contributed by atoms with E-state index in [9.17, 15) is 27.5 Å². The van der Waals surface area contributed by atoms with Crippen LogP contribution in [0.3, 0.4) is 0 Å². The highest BCUT2D eigenvalue weighted by atomic mass is 19.4. The molecule has 0 radical (unpaired) electrons. The number of carbonyl (C=O) groups is 1. The van der Waals surface area contributed by atoms with Crippen molar-refractivity contribution < 1.29 is 32.2 Å². The number of nitrogens with zero attached hydrogens (tertiary/aromatic N) is 2. The van der Waals surface area contributed by atoms with Crippen LogP contribution in [-0.4, -0.2) is 47.2 Å². The summed E-state index contributed by atoms with van der Waals surface area (Å²) in [6.07, 6.45) is 6.96. The number of ether oxygens (including phenoxy) is 1. The predicted octanol–water partition coefficient (Wildman–Crippen LogP) is 5.60. The number of aromatic hydroxyl groups is 1. The summed E-state index contributed by atoms with van der Waals surface area (Å²) in [6.45, 7) is 4.60. The Kier molecular flexibility index (Phi) is 7.17. The molecule has 1 aliphatic heterocycles. The van der Waals surface area contributed by atoms with Crippen molar-refractivity contribution in [2.24, 2.45) is 0 Å². The van der Waals surface area contributed by atoms with E-state index in [-0.39, 0.29) is 18.2 Å². The fourth-order valence-corrected chi connectivity index (χ4v) is 5.50. The number of hydrogen-bond acceptors (Lipinski definition) is 5. The van der Waals surface area contributed by atoms with Gasteiger partial charge in [0.15, 0.2) is 0 Å². The molecule has 0 bridgehead atoms. The number of aromatic nitrogens is 1. The van der Waals surface area contributed by atoms with Crippen molar-refractivity contribution >= 4 is 11.7 Å². The maximum Gasteiger partial charge on any atom is 0.523 e. The molecular weight excluding hydrogens is 528 g/mol. The summed E-state index contributed by atoms with van der Waals surface area (Å²) >= 11 is 0. The summed E-state index contributed by atoms with van der Waals surface area (Å²) < 4.78 is 55.3. The summed E-state index contributed by atoms with van der Waals surface area (Å²) in [5.74, 6) is -0.535. The molecular formula is C29H28F4N4O3. The average Bonchev–Trinajstić information content (AvgIpc) is 3.17. The molecule has 3 N–H and O–H groups in total. The minimum absolute atomic E-state index is 0.0387. The quantitative estimate of drug-likeness (QED) is 0.330. The Morgan fingerprint density at radius 1 is 1.18 bits per heavy atom. The highest BCUT2D eigenvalue weighted by Crippen LogP contribution is 2.51. The Hall–Kier alpha value is -4.12. The molecule has 5 rings (SSSR count). The first-order valence-electron chi connectivity index (χ1n) is 12.7. The van der Waals surface area contributed by atoms with Crippen molar-refractivity contribution in [1.82, 2.24) is 15.6 Å². The van der Waals surface area contributed by atoms with E-state index in [4.69, 9.17) is 0 Å². The minimum Gasteiger partial charge on any atom is -0.506 e. The van der Waals surface area contributed by atoms with Crippen molar-refractivity contribution in [3.05, 3.63) is 90.2 Å². The van der Waals surface area contributed by atoms with Gasteiger partial charge in [-0.2, -0.15) is 4.39 Å². The molecule has 3 atom stereocenters. The van der Waals surface area contributed by atoms with Gasteiger partial charge in [0.2, 0.25) is 5.95 Å². The summed E-state index contributed by atoms with van der Waals surface area (Å²) in [6, 6.07) is 5.02. The van der Waals surface area contributed by atoms with Crippen LogP contribution >= 0.6 is 0 Å². The van der Waals surface area contributed by atoms with Gasteiger partial charge >= 0.3 is 12.4 Å². The minimum atomic E-state index is -4.74. The number of nitrogens with one attached hydrogen (secondary N) is 2. The van der Waals surface area contributed by atoms with E-state index in [0.717, 1.165) is 11.1 Å². The van der Waals surface area contributed by atoms with Crippen LogP contribution in [-0.2, 0) is 10.2 Å². The first kappa shape index (κ1) is 27.4. The third-order valence-electron chi connectivity index (χ3n) is 7.09. The second-order valence-corrected chi connectivity index (χ2v) is 10.5. The zero-order valence-corrected chi connectivity index (χ0v) is 21.7. The number of allylic oxidation sites excluding steroid dienone is 3. The first-order valence-corrected chi connectivity index (χ1v) is 12.7. The monoisotopic (exact) mass is 556 g/mol. The number of fused-ring (bicyclic) bond motifs is 1. The molecule has 0 saturated carbocycles. The third kappa shape index (κ3) is 5.74. The largest absolute Gasteiger partial charge is 0.523 e. The highest BCUT2D eigenvalue weighted by molar-refractivity contribution is 5.83. The fraction of sp³-hybridized carbons (Fsp3) is 0.310. The van der Waals surface area contributed by atoms with Gasteiger partial charge in [-0.1, -0.05) is 56.4 Å². The van der Waals surface area contributed by atoms with Crippen LogP contribution < -0.4 is 15.5 Å². The normalized spacial score (nSPS) is 23.1. The first-order chi connectivity index (χ1) is 18.9. The van der Waals surface area contributed by atoms with Gasteiger partial charge in [-0.05, 0) is 41.3 Å². The summed E-state index contributed by atoms with van der Waals surface area (Å²) in [4.78, 5) is 18.6. The molecule has 40 heavy (non-hydrogen) atoms. The Morgan fingerprint density at radius 3 is 2.65 bits per heavy atom. The lowest BCUT2D eigenvalue weighted by Gasteiger charge is -2.36. The van der Waals surface area contributed by atoms with Gasteiger partial charge in [0, 0.05) is 29.9 Å². The Bertz CT molecular complexity index is 1430. The van der Waals surface area contributed by atoms with Crippen molar-refractivity contribution in [1.29, 1.82) is 0 Å². The molecule has 0 fully saturated rings. The maximum atomic E-state index is 14.0. The number of benzene rings is 1. The van der Waals surface area contributed by atoms with Gasteiger partial charge in [0.05, 0.1) is 23.9 Å². The lowest BCUT2D eigenvalue weighted by molar-refractivity contribution is -0.336. The number of carbonyl (C=O) groups excluding carboxylic acids is 1. The van der Waals surface area contributed by atoms with Crippen LogP contribution in [0.2, 0.25) is 0 Å². The molecule has 2 aromatic rings. The molecule has 3 unspecified atom stereocenters. The molecule has 1 aromatic heterocycles. The SMILES string of the molecule is CC1(C)CN(C2C=CC=CC2NC(=O)NC2=CCC(OC(F)(F)F)C=C2)c2c(O)ccc(-c3ccnc(F)c3)c21. The molecule has 1 aromatic carbocycles. The second kappa shape index (κ2) is 10.5. The predicted molar refractivity (Wildman–Crippen MR) is 142 cm³/mol. The summed E-state index contributed by atoms with van der Waals surface area (Å²) in [7, 11) is 0.